The SMILES string of the molecule is NC(=O)C[C@H]1CCCCN1C(=O)c1ccoc1Br. The maximum Gasteiger partial charge on any atom is 0.258 e. The zero-order chi connectivity index (χ0) is 13.1. The number of piperidine rings is 1. The third-order valence-electron chi connectivity index (χ3n) is 3.17. The summed E-state index contributed by atoms with van der Waals surface area (Å²) >= 11 is 3.20. The summed E-state index contributed by atoms with van der Waals surface area (Å²) in [7, 11) is 0. The number of likely N-dealkylation sites (tertiary alicyclic amines) is 1. The van der Waals surface area contributed by atoms with Gasteiger partial charge in [-0.3, -0.25) is 9.59 Å². The lowest BCUT2D eigenvalue weighted by Gasteiger charge is -2.35. The fourth-order valence-corrected chi connectivity index (χ4v) is 2.72. The summed E-state index contributed by atoms with van der Waals surface area (Å²) in [5.41, 5.74) is 5.72. The Hall–Kier alpha value is -1.30. The molecule has 1 aromatic rings. The summed E-state index contributed by atoms with van der Waals surface area (Å²) in [6.07, 6.45) is 4.49. The van der Waals surface area contributed by atoms with Gasteiger partial charge in [-0.25, -0.2) is 0 Å². The molecular weight excluding hydrogens is 300 g/mol. The predicted octanol–water partition coefficient (Wildman–Crippen LogP) is 1.91. The molecule has 18 heavy (non-hydrogen) atoms. The molecule has 1 aliphatic heterocycles. The molecule has 0 unspecified atom stereocenters. The monoisotopic (exact) mass is 314 g/mol. The van der Waals surface area contributed by atoms with Gasteiger partial charge in [0.2, 0.25) is 5.91 Å². The molecule has 0 spiro atoms. The first-order chi connectivity index (χ1) is 8.59. The molecule has 98 valence electrons. The molecule has 0 aromatic carbocycles. The van der Waals surface area contributed by atoms with Gasteiger partial charge in [0.25, 0.3) is 5.91 Å². The second-order valence-corrected chi connectivity index (χ2v) is 5.15. The minimum Gasteiger partial charge on any atom is -0.457 e. The van der Waals surface area contributed by atoms with Gasteiger partial charge in [0.1, 0.15) is 0 Å². The number of halogens is 1. The van der Waals surface area contributed by atoms with Crippen LogP contribution in [-0.4, -0.2) is 29.3 Å². The Labute approximate surface area is 113 Å². The molecule has 1 fully saturated rings. The van der Waals surface area contributed by atoms with E-state index in [1.165, 1.54) is 6.26 Å². The molecular formula is C12H15BrN2O3. The highest BCUT2D eigenvalue weighted by Gasteiger charge is 2.30. The maximum absolute atomic E-state index is 12.4. The van der Waals surface area contributed by atoms with Crippen LogP contribution in [0.1, 0.15) is 36.0 Å². The molecule has 0 radical (unpaired) electrons. The smallest absolute Gasteiger partial charge is 0.258 e. The van der Waals surface area contributed by atoms with E-state index in [0.29, 0.717) is 16.8 Å². The normalized spacial score (nSPS) is 19.8. The molecule has 2 N–H and O–H groups in total. The van der Waals surface area contributed by atoms with Gasteiger partial charge in [0.15, 0.2) is 4.67 Å². The van der Waals surface area contributed by atoms with Gasteiger partial charge in [-0.05, 0) is 41.3 Å². The predicted molar refractivity (Wildman–Crippen MR) is 68.9 cm³/mol. The number of carbonyl (C=O) groups is 2. The zero-order valence-corrected chi connectivity index (χ0v) is 11.5. The molecule has 2 heterocycles. The van der Waals surface area contributed by atoms with Gasteiger partial charge in [0, 0.05) is 19.0 Å². The maximum atomic E-state index is 12.4. The Balaban J connectivity index is 2.16. The zero-order valence-electron chi connectivity index (χ0n) is 9.89. The summed E-state index contributed by atoms with van der Waals surface area (Å²) in [5, 5.41) is 0. The van der Waals surface area contributed by atoms with E-state index in [-0.39, 0.29) is 24.3 Å². The van der Waals surface area contributed by atoms with E-state index in [1.54, 1.807) is 11.0 Å². The molecule has 0 bridgehead atoms. The number of nitrogens with two attached hydrogens (primary N) is 1. The molecule has 0 aliphatic carbocycles. The first-order valence-corrected chi connectivity index (χ1v) is 6.71. The number of hydrogen-bond donors (Lipinski definition) is 1. The minimum absolute atomic E-state index is 0.0921. The summed E-state index contributed by atoms with van der Waals surface area (Å²) in [4.78, 5) is 25.1. The van der Waals surface area contributed by atoms with Crippen molar-refractivity contribution in [3.8, 4) is 0 Å². The Bertz CT molecular complexity index is 458. The second kappa shape index (κ2) is 5.56. The van der Waals surface area contributed by atoms with Crippen molar-refractivity contribution >= 4 is 27.7 Å². The van der Waals surface area contributed by atoms with E-state index < -0.39 is 0 Å². The third-order valence-corrected chi connectivity index (χ3v) is 3.79. The molecule has 0 saturated carbocycles. The first-order valence-electron chi connectivity index (χ1n) is 5.92. The van der Waals surface area contributed by atoms with Gasteiger partial charge in [-0.2, -0.15) is 0 Å². The van der Waals surface area contributed by atoms with Gasteiger partial charge in [-0.1, -0.05) is 0 Å². The summed E-state index contributed by atoms with van der Waals surface area (Å²) in [6, 6.07) is 1.54. The molecule has 1 aliphatic rings. The standard InChI is InChI=1S/C12H15BrN2O3/c13-11-9(4-6-18-11)12(17)15-5-2-1-3-8(15)7-10(14)16/h4,6,8H,1-3,5,7H2,(H2,14,16)/t8-/m1/s1. The quantitative estimate of drug-likeness (QED) is 0.925. The van der Waals surface area contributed by atoms with Crippen LogP contribution in [0.25, 0.3) is 0 Å². The highest BCUT2D eigenvalue weighted by atomic mass is 79.9. The number of hydrogen-bond acceptors (Lipinski definition) is 3. The van der Waals surface area contributed by atoms with Crippen LogP contribution in [0.2, 0.25) is 0 Å². The van der Waals surface area contributed by atoms with Crippen molar-refractivity contribution in [1.82, 2.24) is 4.90 Å². The van der Waals surface area contributed by atoms with Gasteiger partial charge in [-0.15, -0.1) is 0 Å². The van der Waals surface area contributed by atoms with E-state index in [9.17, 15) is 9.59 Å². The molecule has 2 amide bonds. The third kappa shape index (κ3) is 2.75. The van der Waals surface area contributed by atoms with Gasteiger partial charge in [0.05, 0.1) is 11.8 Å². The molecule has 6 heteroatoms. The van der Waals surface area contributed by atoms with Crippen molar-refractivity contribution in [2.45, 2.75) is 31.7 Å². The van der Waals surface area contributed by atoms with E-state index in [1.807, 2.05) is 0 Å². The topological polar surface area (TPSA) is 76.5 Å². The van der Waals surface area contributed by atoms with Crippen molar-refractivity contribution in [3.63, 3.8) is 0 Å². The van der Waals surface area contributed by atoms with Crippen LogP contribution in [0.15, 0.2) is 21.4 Å². The largest absolute Gasteiger partial charge is 0.457 e. The van der Waals surface area contributed by atoms with Crippen LogP contribution >= 0.6 is 15.9 Å². The number of primary amides is 1. The lowest BCUT2D eigenvalue weighted by Crippen LogP contribution is -2.45. The van der Waals surface area contributed by atoms with Crippen LogP contribution in [0, 0.1) is 0 Å². The molecule has 5 nitrogen and oxygen atoms in total. The summed E-state index contributed by atoms with van der Waals surface area (Å²) in [5.74, 6) is -0.479. The van der Waals surface area contributed by atoms with E-state index in [2.05, 4.69) is 15.9 Å². The van der Waals surface area contributed by atoms with Crippen molar-refractivity contribution in [1.29, 1.82) is 0 Å². The lowest BCUT2D eigenvalue weighted by atomic mass is 9.98. The van der Waals surface area contributed by atoms with Crippen molar-refractivity contribution in [3.05, 3.63) is 22.6 Å². The van der Waals surface area contributed by atoms with Crippen molar-refractivity contribution in [2.75, 3.05) is 6.54 Å². The van der Waals surface area contributed by atoms with Crippen LogP contribution in [0.4, 0.5) is 0 Å². The van der Waals surface area contributed by atoms with Crippen molar-refractivity contribution < 1.29 is 14.0 Å². The average Bonchev–Trinajstić information content (AvgIpc) is 2.74. The summed E-state index contributed by atoms with van der Waals surface area (Å²) in [6.45, 7) is 0.661. The molecule has 1 aromatic heterocycles. The first kappa shape index (κ1) is 13.1. The Kier molecular flexibility index (Phi) is 4.06. The van der Waals surface area contributed by atoms with Crippen LogP contribution in [0.3, 0.4) is 0 Å². The fourth-order valence-electron chi connectivity index (χ4n) is 2.31. The lowest BCUT2D eigenvalue weighted by molar-refractivity contribution is -0.119. The number of furan rings is 1. The Morgan fingerprint density at radius 2 is 2.28 bits per heavy atom. The Morgan fingerprint density at radius 3 is 2.89 bits per heavy atom. The van der Waals surface area contributed by atoms with Crippen LogP contribution in [-0.2, 0) is 4.79 Å². The Morgan fingerprint density at radius 1 is 1.50 bits per heavy atom. The van der Waals surface area contributed by atoms with Gasteiger partial charge < -0.3 is 15.1 Å². The van der Waals surface area contributed by atoms with Crippen molar-refractivity contribution in [2.24, 2.45) is 5.73 Å². The molecule has 1 atom stereocenters. The number of carbonyl (C=O) groups excluding carboxylic acids is 2. The molecule has 1 saturated heterocycles. The minimum atomic E-state index is -0.369. The van der Waals surface area contributed by atoms with E-state index in [4.69, 9.17) is 10.2 Å². The molecule has 2 rings (SSSR count). The number of nitrogens with zero attached hydrogens (tertiary/aromatic N) is 1. The van der Waals surface area contributed by atoms with E-state index in [0.717, 1.165) is 19.3 Å². The van der Waals surface area contributed by atoms with Crippen LogP contribution < -0.4 is 5.73 Å². The fraction of sp³-hybridized carbons (Fsp3) is 0.500. The summed E-state index contributed by atoms with van der Waals surface area (Å²) < 4.78 is 5.50. The highest BCUT2D eigenvalue weighted by molar-refractivity contribution is 9.10. The number of rotatable bonds is 3. The number of amides is 2. The van der Waals surface area contributed by atoms with Gasteiger partial charge >= 0.3 is 0 Å². The van der Waals surface area contributed by atoms with E-state index >= 15 is 0 Å². The van der Waals surface area contributed by atoms with Crippen LogP contribution in [0.5, 0.6) is 0 Å². The average molecular weight is 315 g/mol. The highest BCUT2D eigenvalue weighted by Crippen LogP contribution is 2.25. The second-order valence-electron chi connectivity index (χ2n) is 4.43.